The predicted octanol–water partition coefficient (Wildman–Crippen LogP) is 2.34. The standard InChI is InChI=1S/C21H33N7O.HI/c1-17-25-26-20(28(17)3)15-24-21(23-14-18-10-13-29-16-18)22-11-7-12-27(2)19-8-5-4-6-9-19;/h4-6,8-9,18H,7,10-16H2,1-3H3,(H2,22,23,24);1H. The number of aryl methyl sites for hydroxylation is 1. The van der Waals surface area contributed by atoms with Gasteiger partial charge in [0.25, 0.3) is 0 Å². The van der Waals surface area contributed by atoms with Crippen LogP contribution in [0.2, 0.25) is 0 Å². The van der Waals surface area contributed by atoms with Crippen molar-refractivity contribution in [3.05, 3.63) is 42.0 Å². The Labute approximate surface area is 196 Å². The van der Waals surface area contributed by atoms with Gasteiger partial charge in [-0.3, -0.25) is 0 Å². The van der Waals surface area contributed by atoms with E-state index in [4.69, 9.17) is 9.73 Å². The third-order valence-electron chi connectivity index (χ3n) is 5.30. The number of ether oxygens (including phenoxy) is 1. The van der Waals surface area contributed by atoms with Crippen LogP contribution in [0.15, 0.2) is 35.3 Å². The molecule has 1 aliphatic heterocycles. The fraction of sp³-hybridized carbons (Fsp3) is 0.571. The second-order valence-corrected chi connectivity index (χ2v) is 7.54. The maximum Gasteiger partial charge on any atom is 0.191 e. The van der Waals surface area contributed by atoms with E-state index in [9.17, 15) is 0 Å². The number of nitrogens with zero attached hydrogens (tertiary/aromatic N) is 5. The van der Waals surface area contributed by atoms with E-state index in [1.807, 2.05) is 24.6 Å². The summed E-state index contributed by atoms with van der Waals surface area (Å²) in [5.74, 6) is 3.12. The van der Waals surface area contributed by atoms with Gasteiger partial charge in [-0.15, -0.1) is 34.2 Å². The van der Waals surface area contributed by atoms with Gasteiger partial charge in [-0.2, -0.15) is 0 Å². The number of nitrogens with one attached hydrogen (secondary N) is 2. The zero-order valence-corrected chi connectivity index (χ0v) is 20.5. The van der Waals surface area contributed by atoms with Crippen LogP contribution in [-0.2, 0) is 18.3 Å². The molecule has 2 heterocycles. The third kappa shape index (κ3) is 7.42. The molecule has 0 bridgehead atoms. The van der Waals surface area contributed by atoms with Crippen molar-refractivity contribution < 1.29 is 4.74 Å². The molecule has 0 radical (unpaired) electrons. The third-order valence-corrected chi connectivity index (χ3v) is 5.30. The van der Waals surface area contributed by atoms with Crippen molar-refractivity contribution in [3.63, 3.8) is 0 Å². The number of hydrogen-bond acceptors (Lipinski definition) is 5. The van der Waals surface area contributed by atoms with Crippen LogP contribution < -0.4 is 15.5 Å². The number of halogens is 1. The van der Waals surface area contributed by atoms with Crippen LogP contribution in [0.3, 0.4) is 0 Å². The van der Waals surface area contributed by atoms with Crippen molar-refractivity contribution in [2.75, 3.05) is 44.8 Å². The Morgan fingerprint density at radius 3 is 2.73 bits per heavy atom. The Morgan fingerprint density at radius 2 is 2.07 bits per heavy atom. The van der Waals surface area contributed by atoms with Gasteiger partial charge < -0.3 is 24.8 Å². The van der Waals surface area contributed by atoms with Gasteiger partial charge in [-0.25, -0.2) is 4.99 Å². The first-order valence-electron chi connectivity index (χ1n) is 10.3. The summed E-state index contributed by atoms with van der Waals surface area (Å²) in [4.78, 5) is 6.99. The highest BCUT2D eigenvalue weighted by Gasteiger charge is 2.16. The molecule has 0 amide bonds. The van der Waals surface area contributed by atoms with Crippen molar-refractivity contribution >= 4 is 35.6 Å². The Morgan fingerprint density at radius 1 is 1.27 bits per heavy atom. The Kier molecular flexibility index (Phi) is 10.4. The van der Waals surface area contributed by atoms with Gasteiger partial charge >= 0.3 is 0 Å². The monoisotopic (exact) mass is 527 g/mol. The molecule has 3 rings (SSSR count). The second-order valence-electron chi connectivity index (χ2n) is 7.54. The molecule has 1 fully saturated rings. The van der Waals surface area contributed by atoms with Gasteiger partial charge in [0.05, 0.1) is 6.61 Å². The van der Waals surface area contributed by atoms with Gasteiger partial charge in [0.2, 0.25) is 0 Å². The van der Waals surface area contributed by atoms with Crippen LogP contribution in [0, 0.1) is 12.8 Å². The lowest BCUT2D eigenvalue weighted by Gasteiger charge is -2.20. The first-order chi connectivity index (χ1) is 14.1. The zero-order chi connectivity index (χ0) is 20.5. The molecule has 1 aromatic heterocycles. The minimum Gasteiger partial charge on any atom is -0.381 e. The van der Waals surface area contributed by atoms with Gasteiger partial charge in [0.1, 0.15) is 12.4 Å². The molecule has 1 unspecified atom stereocenters. The molecule has 2 aromatic rings. The minimum absolute atomic E-state index is 0. The lowest BCUT2D eigenvalue weighted by molar-refractivity contribution is 0.186. The van der Waals surface area contributed by atoms with Crippen molar-refractivity contribution in [2.24, 2.45) is 18.0 Å². The Balaban J connectivity index is 0.00000320. The quantitative estimate of drug-likeness (QED) is 0.226. The van der Waals surface area contributed by atoms with Gasteiger partial charge in [-0.05, 0) is 31.9 Å². The lowest BCUT2D eigenvalue weighted by atomic mass is 10.1. The number of para-hydroxylation sites is 1. The minimum atomic E-state index is 0. The molecule has 30 heavy (non-hydrogen) atoms. The molecule has 0 aliphatic carbocycles. The smallest absolute Gasteiger partial charge is 0.191 e. The van der Waals surface area contributed by atoms with Gasteiger partial charge in [0, 0.05) is 51.9 Å². The summed E-state index contributed by atoms with van der Waals surface area (Å²) in [7, 11) is 4.09. The van der Waals surface area contributed by atoms with Crippen LogP contribution in [-0.4, -0.2) is 60.6 Å². The van der Waals surface area contributed by atoms with Crippen molar-refractivity contribution in [3.8, 4) is 0 Å². The summed E-state index contributed by atoms with van der Waals surface area (Å²) in [5, 5.41) is 15.2. The van der Waals surface area contributed by atoms with Gasteiger partial charge in [0.15, 0.2) is 11.8 Å². The van der Waals surface area contributed by atoms with E-state index >= 15 is 0 Å². The number of benzene rings is 1. The average molecular weight is 527 g/mol. The highest BCUT2D eigenvalue weighted by Crippen LogP contribution is 2.11. The van der Waals surface area contributed by atoms with Gasteiger partial charge in [-0.1, -0.05) is 18.2 Å². The zero-order valence-electron chi connectivity index (χ0n) is 18.2. The fourth-order valence-electron chi connectivity index (χ4n) is 3.23. The number of anilines is 1. The lowest BCUT2D eigenvalue weighted by Crippen LogP contribution is -2.41. The van der Waals surface area contributed by atoms with Crippen molar-refractivity contribution in [1.82, 2.24) is 25.4 Å². The number of aliphatic imine (C=N–C) groups is 1. The van der Waals surface area contributed by atoms with E-state index in [0.717, 1.165) is 63.3 Å². The molecule has 1 aliphatic rings. The molecular weight excluding hydrogens is 493 g/mol. The van der Waals surface area contributed by atoms with E-state index in [0.29, 0.717) is 12.5 Å². The van der Waals surface area contributed by atoms with E-state index in [1.54, 1.807) is 0 Å². The molecule has 0 saturated carbocycles. The molecule has 8 nitrogen and oxygen atoms in total. The highest BCUT2D eigenvalue weighted by molar-refractivity contribution is 14.0. The largest absolute Gasteiger partial charge is 0.381 e. The molecular formula is C21H34IN7O. The van der Waals surface area contributed by atoms with E-state index in [2.05, 4.69) is 57.0 Å². The van der Waals surface area contributed by atoms with Crippen molar-refractivity contribution in [2.45, 2.75) is 26.3 Å². The fourth-order valence-corrected chi connectivity index (χ4v) is 3.23. The van der Waals surface area contributed by atoms with Crippen LogP contribution in [0.5, 0.6) is 0 Å². The maximum atomic E-state index is 5.48. The normalized spacial score (nSPS) is 16.2. The summed E-state index contributed by atoms with van der Waals surface area (Å²) in [6, 6.07) is 10.4. The SMILES string of the molecule is Cc1nnc(CN=C(NCCCN(C)c2ccccc2)NCC2CCOC2)n1C.I. The first kappa shape index (κ1) is 24.4. The molecule has 1 atom stereocenters. The van der Waals surface area contributed by atoms with Crippen LogP contribution >= 0.6 is 24.0 Å². The Hall–Kier alpha value is -1.88. The van der Waals surface area contributed by atoms with Crippen molar-refractivity contribution in [1.29, 1.82) is 0 Å². The molecule has 2 N–H and O–H groups in total. The first-order valence-corrected chi connectivity index (χ1v) is 10.3. The summed E-state index contributed by atoms with van der Waals surface area (Å²) in [5.41, 5.74) is 1.23. The highest BCUT2D eigenvalue weighted by atomic mass is 127. The van der Waals surface area contributed by atoms with Crippen LogP contribution in [0.25, 0.3) is 0 Å². The Bertz CT molecular complexity index is 775. The summed E-state index contributed by atoms with van der Waals surface area (Å²) >= 11 is 0. The van der Waals surface area contributed by atoms with E-state index in [-0.39, 0.29) is 24.0 Å². The summed E-state index contributed by atoms with van der Waals surface area (Å²) in [6.45, 7) is 6.82. The number of guanidine groups is 1. The molecule has 0 spiro atoms. The van der Waals surface area contributed by atoms with Crippen LogP contribution in [0.4, 0.5) is 5.69 Å². The number of rotatable bonds is 9. The van der Waals surface area contributed by atoms with Crippen LogP contribution in [0.1, 0.15) is 24.5 Å². The molecule has 1 aromatic carbocycles. The van der Waals surface area contributed by atoms with E-state index < -0.39 is 0 Å². The number of hydrogen-bond donors (Lipinski definition) is 2. The topological polar surface area (TPSA) is 79.6 Å². The maximum absolute atomic E-state index is 5.48. The average Bonchev–Trinajstić information content (AvgIpc) is 3.38. The predicted molar refractivity (Wildman–Crippen MR) is 132 cm³/mol. The molecule has 9 heteroatoms. The number of aromatic nitrogens is 3. The second kappa shape index (κ2) is 12.7. The summed E-state index contributed by atoms with van der Waals surface area (Å²) in [6.07, 6.45) is 2.12. The summed E-state index contributed by atoms with van der Waals surface area (Å²) < 4.78 is 7.45. The van der Waals surface area contributed by atoms with E-state index in [1.165, 1.54) is 5.69 Å². The molecule has 166 valence electrons. The molecule has 1 saturated heterocycles.